The highest BCUT2D eigenvalue weighted by Crippen LogP contribution is 2.35. The van der Waals surface area contributed by atoms with Crippen LogP contribution in [0.3, 0.4) is 0 Å². The fourth-order valence-corrected chi connectivity index (χ4v) is 3.77. The zero-order valence-corrected chi connectivity index (χ0v) is 15.1. The molecule has 1 heterocycles. The zero-order chi connectivity index (χ0) is 18.5. The lowest BCUT2D eigenvalue weighted by atomic mass is 10.0. The lowest BCUT2D eigenvalue weighted by Crippen LogP contribution is -1.89. The Morgan fingerprint density at radius 1 is 1.12 bits per heavy atom. The lowest BCUT2D eigenvalue weighted by Gasteiger charge is -2.02. The quantitative estimate of drug-likeness (QED) is 0.300. The summed E-state index contributed by atoms with van der Waals surface area (Å²) in [5.41, 5.74) is 2.81. The summed E-state index contributed by atoms with van der Waals surface area (Å²) in [6.45, 7) is 7.70. The van der Waals surface area contributed by atoms with E-state index >= 15 is 0 Å². The Hall–Kier alpha value is -3.22. The standard InChI is InChI=1S/C23H18N2S/c1-3-17(15-24)9-12-19(25)11-8-16(2)18-10-13-23-21(14-18)20-6-4-5-7-22(20)26-23/h3-11,13-14,25H,1-2,12H2/b11-8-,17-9+,25-19?. The molecule has 0 fully saturated rings. The molecule has 0 amide bonds. The lowest BCUT2D eigenvalue weighted by molar-refractivity contribution is 1.36. The van der Waals surface area contributed by atoms with Crippen LogP contribution in [0.5, 0.6) is 0 Å². The summed E-state index contributed by atoms with van der Waals surface area (Å²) in [6.07, 6.45) is 7.17. The van der Waals surface area contributed by atoms with Gasteiger partial charge in [-0.25, -0.2) is 0 Å². The monoisotopic (exact) mass is 354 g/mol. The molecule has 0 unspecified atom stereocenters. The molecule has 0 spiro atoms. The van der Waals surface area contributed by atoms with Gasteiger partial charge in [0, 0.05) is 37.9 Å². The molecule has 126 valence electrons. The smallest absolute Gasteiger partial charge is 0.0988 e. The van der Waals surface area contributed by atoms with Crippen LogP contribution in [0.2, 0.25) is 0 Å². The molecule has 26 heavy (non-hydrogen) atoms. The SMILES string of the molecule is C=C/C(C#N)=C\CC(=N)/C=C\C(=C)c1ccc2sc3ccccc3c2c1. The molecule has 0 aliphatic carbocycles. The van der Waals surface area contributed by atoms with E-state index in [0.29, 0.717) is 17.7 Å². The Balaban J connectivity index is 1.80. The molecule has 1 aromatic heterocycles. The van der Waals surface area contributed by atoms with Crippen LogP contribution in [0.15, 0.2) is 85.5 Å². The van der Waals surface area contributed by atoms with Crippen LogP contribution in [-0.4, -0.2) is 5.71 Å². The highest BCUT2D eigenvalue weighted by molar-refractivity contribution is 7.25. The average molecular weight is 354 g/mol. The van der Waals surface area contributed by atoms with Crippen molar-refractivity contribution in [2.45, 2.75) is 6.42 Å². The van der Waals surface area contributed by atoms with Crippen LogP contribution in [0, 0.1) is 16.7 Å². The maximum Gasteiger partial charge on any atom is 0.0988 e. The van der Waals surface area contributed by atoms with Crippen LogP contribution in [0.4, 0.5) is 0 Å². The van der Waals surface area contributed by atoms with Gasteiger partial charge in [0.2, 0.25) is 0 Å². The van der Waals surface area contributed by atoms with Gasteiger partial charge < -0.3 is 5.41 Å². The average Bonchev–Trinajstić information content (AvgIpc) is 3.04. The summed E-state index contributed by atoms with van der Waals surface area (Å²) in [6, 6.07) is 16.8. The summed E-state index contributed by atoms with van der Waals surface area (Å²) in [7, 11) is 0. The van der Waals surface area contributed by atoms with E-state index in [2.05, 4.69) is 55.6 Å². The van der Waals surface area contributed by atoms with Gasteiger partial charge in [-0.15, -0.1) is 11.3 Å². The van der Waals surface area contributed by atoms with E-state index < -0.39 is 0 Å². The number of allylic oxidation sites excluding steroid dienone is 6. The largest absolute Gasteiger partial charge is 0.305 e. The first-order valence-electron chi connectivity index (χ1n) is 8.21. The van der Waals surface area contributed by atoms with Crippen LogP contribution in [0.25, 0.3) is 25.7 Å². The van der Waals surface area contributed by atoms with Gasteiger partial charge >= 0.3 is 0 Å². The second-order valence-corrected chi connectivity index (χ2v) is 6.96. The van der Waals surface area contributed by atoms with Crippen molar-refractivity contribution in [1.82, 2.24) is 0 Å². The number of hydrogen-bond acceptors (Lipinski definition) is 3. The summed E-state index contributed by atoms with van der Waals surface area (Å²) in [5, 5.41) is 19.3. The van der Waals surface area contributed by atoms with E-state index in [1.165, 1.54) is 26.2 Å². The fraction of sp³-hybridized carbons (Fsp3) is 0.0435. The Labute approximate surface area is 157 Å². The molecular formula is C23H18N2S. The predicted octanol–water partition coefficient (Wildman–Crippen LogP) is 6.67. The molecule has 0 aliphatic heterocycles. The van der Waals surface area contributed by atoms with E-state index in [-0.39, 0.29) is 0 Å². The third-order valence-corrected chi connectivity index (χ3v) is 5.28. The molecule has 3 rings (SSSR count). The first kappa shape index (κ1) is 17.6. The molecule has 1 N–H and O–H groups in total. The van der Waals surface area contributed by atoms with Gasteiger partial charge in [-0.3, -0.25) is 0 Å². The second-order valence-electron chi connectivity index (χ2n) is 5.87. The maximum atomic E-state index is 8.86. The summed E-state index contributed by atoms with van der Waals surface area (Å²) < 4.78 is 2.54. The molecule has 2 nitrogen and oxygen atoms in total. The van der Waals surface area contributed by atoms with Crippen molar-refractivity contribution >= 4 is 42.8 Å². The Kier molecular flexibility index (Phi) is 5.26. The Bertz CT molecular complexity index is 1120. The minimum atomic E-state index is 0.396. The van der Waals surface area contributed by atoms with Gasteiger partial charge in [-0.05, 0) is 35.4 Å². The fourth-order valence-electron chi connectivity index (χ4n) is 2.69. The van der Waals surface area contributed by atoms with Crippen molar-refractivity contribution < 1.29 is 0 Å². The minimum Gasteiger partial charge on any atom is -0.305 e. The van der Waals surface area contributed by atoms with E-state index in [1.807, 2.05) is 12.1 Å². The normalized spacial score (nSPS) is 11.7. The van der Waals surface area contributed by atoms with Crippen molar-refractivity contribution in [3.05, 3.63) is 91.1 Å². The molecule has 0 radical (unpaired) electrons. The molecule has 0 bridgehead atoms. The van der Waals surface area contributed by atoms with Crippen molar-refractivity contribution in [1.29, 1.82) is 10.7 Å². The van der Waals surface area contributed by atoms with E-state index in [9.17, 15) is 0 Å². The van der Waals surface area contributed by atoms with Crippen LogP contribution >= 0.6 is 11.3 Å². The molecule has 0 atom stereocenters. The van der Waals surface area contributed by atoms with Gasteiger partial charge in [0.25, 0.3) is 0 Å². The third kappa shape index (κ3) is 3.72. The van der Waals surface area contributed by atoms with Crippen LogP contribution < -0.4 is 0 Å². The first-order chi connectivity index (χ1) is 12.6. The molecule has 0 saturated heterocycles. The maximum absolute atomic E-state index is 8.86. The molecule has 3 heteroatoms. The number of thiophene rings is 1. The Morgan fingerprint density at radius 2 is 1.88 bits per heavy atom. The molecule has 3 aromatic rings. The number of rotatable bonds is 6. The number of nitrogens with one attached hydrogen (secondary N) is 1. The number of hydrogen-bond donors (Lipinski definition) is 1. The summed E-state index contributed by atoms with van der Waals surface area (Å²) in [5.74, 6) is 0. The number of nitrogens with zero attached hydrogens (tertiary/aromatic N) is 1. The number of nitriles is 1. The van der Waals surface area contributed by atoms with Crippen molar-refractivity contribution in [2.24, 2.45) is 0 Å². The van der Waals surface area contributed by atoms with Gasteiger partial charge in [0.1, 0.15) is 0 Å². The highest BCUT2D eigenvalue weighted by Gasteiger charge is 2.06. The van der Waals surface area contributed by atoms with Gasteiger partial charge in [0.15, 0.2) is 0 Å². The van der Waals surface area contributed by atoms with E-state index in [4.69, 9.17) is 10.7 Å². The first-order valence-corrected chi connectivity index (χ1v) is 9.03. The van der Waals surface area contributed by atoms with Crippen LogP contribution in [0.1, 0.15) is 12.0 Å². The number of benzene rings is 2. The van der Waals surface area contributed by atoms with Crippen molar-refractivity contribution in [3.8, 4) is 6.07 Å². The zero-order valence-electron chi connectivity index (χ0n) is 14.3. The summed E-state index contributed by atoms with van der Waals surface area (Å²) in [4.78, 5) is 0. The summed E-state index contributed by atoms with van der Waals surface area (Å²) >= 11 is 1.79. The van der Waals surface area contributed by atoms with E-state index in [0.717, 1.165) is 11.1 Å². The number of fused-ring (bicyclic) bond motifs is 3. The van der Waals surface area contributed by atoms with Crippen molar-refractivity contribution in [2.75, 3.05) is 0 Å². The van der Waals surface area contributed by atoms with E-state index in [1.54, 1.807) is 23.5 Å². The third-order valence-electron chi connectivity index (χ3n) is 4.12. The van der Waals surface area contributed by atoms with Crippen LogP contribution in [-0.2, 0) is 0 Å². The van der Waals surface area contributed by atoms with Gasteiger partial charge in [-0.1, -0.05) is 55.7 Å². The molecular weight excluding hydrogens is 336 g/mol. The van der Waals surface area contributed by atoms with Crippen molar-refractivity contribution in [3.63, 3.8) is 0 Å². The molecule has 2 aromatic carbocycles. The highest BCUT2D eigenvalue weighted by atomic mass is 32.1. The molecule has 0 saturated carbocycles. The van der Waals surface area contributed by atoms with Gasteiger partial charge in [-0.2, -0.15) is 5.26 Å². The second kappa shape index (κ2) is 7.77. The predicted molar refractivity (Wildman–Crippen MR) is 114 cm³/mol. The Morgan fingerprint density at radius 3 is 2.65 bits per heavy atom. The minimum absolute atomic E-state index is 0.396. The van der Waals surface area contributed by atoms with Gasteiger partial charge in [0.05, 0.1) is 6.07 Å². The topological polar surface area (TPSA) is 47.6 Å². The molecule has 0 aliphatic rings.